The van der Waals surface area contributed by atoms with Crippen LogP contribution >= 0.6 is 11.6 Å². The van der Waals surface area contributed by atoms with Gasteiger partial charge in [-0.25, -0.2) is 9.69 Å². The van der Waals surface area contributed by atoms with E-state index in [0.29, 0.717) is 22.3 Å². The molecular weight excluding hydrogens is 430 g/mol. The van der Waals surface area contributed by atoms with E-state index in [2.05, 4.69) is 10.2 Å². The number of carbonyl (C=O) groups excluding carboxylic acids is 3. The molecule has 1 N–H and O–H groups in total. The molecule has 0 spiro atoms. The molecule has 2 amide bonds. The number of halogens is 1. The predicted octanol–water partition coefficient (Wildman–Crippen LogP) is 3.73. The van der Waals surface area contributed by atoms with E-state index in [1.807, 2.05) is 24.3 Å². The molecule has 0 aromatic heterocycles. The monoisotopic (exact) mass is 455 g/mol. The molecule has 2 aromatic rings. The van der Waals surface area contributed by atoms with Crippen molar-refractivity contribution in [2.75, 3.05) is 29.9 Å². The number of rotatable bonds is 6. The summed E-state index contributed by atoms with van der Waals surface area (Å²) in [5, 5.41) is 4.22. The first-order valence-electron chi connectivity index (χ1n) is 10.9. The number of likely N-dealkylation sites (tertiary alicyclic amines) is 1. The highest BCUT2D eigenvalue weighted by Crippen LogP contribution is 2.28. The van der Waals surface area contributed by atoms with Crippen LogP contribution in [0.15, 0.2) is 48.5 Å². The average molecular weight is 456 g/mol. The van der Waals surface area contributed by atoms with Crippen molar-refractivity contribution in [1.82, 2.24) is 4.90 Å². The van der Waals surface area contributed by atoms with E-state index in [-0.39, 0.29) is 24.8 Å². The van der Waals surface area contributed by atoms with Crippen molar-refractivity contribution in [2.45, 2.75) is 38.3 Å². The highest BCUT2D eigenvalue weighted by molar-refractivity contribution is 6.30. The molecule has 4 rings (SSSR count). The number of imide groups is 1. The molecule has 0 unspecified atom stereocenters. The van der Waals surface area contributed by atoms with E-state index in [1.54, 1.807) is 31.2 Å². The minimum absolute atomic E-state index is 0.174. The fraction of sp³-hybridized carbons (Fsp3) is 0.375. The van der Waals surface area contributed by atoms with Gasteiger partial charge >= 0.3 is 5.97 Å². The Kier molecular flexibility index (Phi) is 6.77. The van der Waals surface area contributed by atoms with Gasteiger partial charge in [-0.1, -0.05) is 11.6 Å². The lowest BCUT2D eigenvalue weighted by molar-refractivity contribution is -0.123. The topological polar surface area (TPSA) is 79.0 Å². The summed E-state index contributed by atoms with van der Waals surface area (Å²) in [7, 11) is 0. The molecule has 1 atom stereocenters. The van der Waals surface area contributed by atoms with E-state index in [1.165, 1.54) is 4.90 Å². The Balaban J connectivity index is 1.36. The van der Waals surface area contributed by atoms with Crippen molar-refractivity contribution in [3.05, 3.63) is 59.1 Å². The van der Waals surface area contributed by atoms with Gasteiger partial charge in [0.05, 0.1) is 30.3 Å². The first-order chi connectivity index (χ1) is 15.5. The third-order valence-electron chi connectivity index (χ3n) is 5.94. The number of hydrogen-bond donors (Lipinski definition) is 1. The number of carbonyl (C=O) groups is 3. The molecule has 32 heavy (non-hydrogen) atoms. The number of esters is 1. The van der Waals surface area contributed by atoms with Crippen LogP contribution in [-0.2, 0) is 14.3 Å². The van der Waals surface area contributed by atoms with E-state index in [4.69, 9.17) is 16.3 Å². The summed E-state index contributed by atoms with van der Waals surface area (Å²) >= 11 is 5.94. The number of benzene rings is 2. The smallest absolute Gasteiger partial charge is 0.338 e. The Morgan fingerprint density at radius 3 is 2.34 bits per heavy atom. The third-order valence-corrected chi connectivity index (χ3v) is 6.20. The standard InChI is InChI=1S/C24H26ClN3O4/c1-2-32-24(31)16-3-9-20(10-4-16)28-22(29)15-21(23(28)30)27-13-11-19(12-14-27)26-18-7-5-17(25)6-8-18/h3-10,19,21,26H,2,11-15H2,1H3/t21-/m1/s1. The number of ether oxygens (including phenoxy) is 1. The molecule has 0 saturated carbocycles. The van der Waals surface area contributed by atoms with E-state index >= 15 is 0 Å². The number of nitrogens with zero attached hydrogens (tertiary/aromatic N) is 2. The van der Waals surface area contributed by atoms with Crippen molar-refractivity contribution < 1.29 is 19.1 Å². The molecule has 8 heteroatoms. The van der Waals surface area contributed by atoms with Crippen molar-refractivity contribution in [3.63, 3.8) is 0 Å². The summed E-state index contributed by atoms with van der Waals surface area (Å²) in [5.41, 5.74) is 1.90. The summed E-state index contributed by atoms with van der Waals surface area (Å²) in [4.78, 5) is 40.9. The molecule has 7 nitrogen and oxygen atoms in total. The lowest BCUT2D eigenvalue weighted by Gasteiger charge is -2.35. The fourth-order valence-corrected chi connectivity index (χ4v) is 4.40. The molecule has 168 valence electrons. The van der Waals surface area contributed by atoms with Crippen molar-refractivity contribution in [2.24, 2.45) is 0 Å². The van der Waals surface area contributed by atoms with Gasteiger partial charge in [0.15, 0.2) is 0 Å². The summed E-state index contributed by atoms with van der Waals surface area (Å²) in [6.45, 7) is 3.51. The van der Waals surface area contributed by atoms with Crippen LogP contribution in [0.3, 0.4) is 0 Å². The quantitative estimate of drug-likeness (QED) is 0.528. The maximum absolute atomic E-state index is 13.1. The van der Waals surface area contributed by atoms with Crippen molar-refractivity contribution in [1.29, 1.82) is 0 Å². The lowest BCUT2D eigenvalue weighted by atomic mass is 10.0. The highest BCUT2D eigenvalue weighted by atomic mass is 35.5. The zero-order valence-electron chi connectivity index (χ0n) is 17.9. The number of anilines is 2. The first kappa shape index (κ1) is 22.3. The summed E-state index contributed by atoms with van der Waals surface area (Å²) in [6, 6.07) is 13.9. The second-order valence-corrected chi connectivity index (χ2v) is 8.45. The van der Waals surface area contributed by atoms with Gasteiger partial charge in [-0.2, -0.15) is 0 Å². The van der Waals surface area contributed by atoms with Gasteiger partial charge in [0.1, 0.15) is 0 Å². The number of amides is 2. The SMILES string of the molecule is CCOC(=O)c1ccc(N2C(=O)C[C@@H](N3CCC(Nc4ccc(Cl)cc4)CC3)C2=O)cc1. The average Bonchev–Trinajstić information content (AvgIpc) is 3.10. The number of piperidine rings is 1. The van der Waals surface area contributed by atoms with Gasteiger partial charge in [0.25, 0.3) is 5.91 Å². The van der Waals surface area contributed by atoms with Crippen LogP contribution in [0.2, 0.25) is 5.02 Å². The maximum Gasteiger partial charge on any atom is 0.338 e. The Bertz CT molecular complexity index is 985. The fourth-order valence-electron chi connectivity index (χ4n) is 4.27. The zero-order valence-corrected chi connectivity index (χ0v) is 18.7. The molecule has 2 fully saturated rings. The van der Waals surface area contributed by atoms with Crippen LogP contribution in [0.4, 0.5) is 11.4 Å². The van der Waals surface area contributed by atoms with E-state index < -0.39 is 12.0 Å². The molecular formula is C24H26ClN3O4. The van der Waals surface area contributed by atoms with Gasteiger partial charge in [-0.15, -0.1) is 0 Å². The largest absolute Gasteiger partial charge is 0.462 e. The van der Waals surface area contributed by atoms with E-state index in [9.17, 15) is 14.4 Å². The van der Waals surface area contributed by atoms with Crippen LogP contribution in [0.1, 0.15) is 36.5 Å². The van der Waals surface area contributed by atoms with Crippen LogP contribution in [0.25, 0.3) is 0 Å². The second-order valence-electron chi connectivity index (χ2n) is 8.02. The molecule has 0 radical (unpaired) electrons. The predicted molar refractivity (Wildman–Crippen MR) is 123 cm³/mol. The van der Waals surface area contributed by atoms with Crippen molar-refractivity contribution >= 4 is 40.8 Å². The minimum atomic E-state index is -0.441. The molecule has 2 saturated heterocycles. The second kappa shape index (κ2) is 9.71. The number of hydrogen-bond acceptors (Lipinski definition) is 6. The summed E-state index contributed by atoms with van der Waals surface area (Å²) < 4.78 is 4.98. The minimum Gasteiger partial charge on any atom is -0.462 e. The lowest BCUT2D eigenvalue weighted by Crippen LogP contribution is -2.48. The van der Waals surface area contributed by atoms with E-state index in [0.717, 1.165) is 31.6 Å². The van der Waals surface area contributed by atoms with Gasteiger partial charge in [0.2, 0.25) is 5.91 Å². The molecule has 2 heterocycles. The molecule has 2 aliphatic rings. The van der Waals surface area contributed by atoms with Gasteiger partial charge in [-0.05, 0) is 68.3 Å². The number of nitrogens with one attached hydrogen (secondary N) is 1. The third kappa shape index (κ3) is 4.79. The van der Waals surface area contributed by atoms with Gasteiger partial charge in [0, 0.05) is 29.8 Å². The Labute approximate surface area is 192 Å². The summed E-state index contributed by atoms with van der Waals surface area (Å²) in [5.74, 6) is -0.848. The Morgan fingerprint density at radius 2 is 1.72 bits per heavy atom. The van der Waals surface area contributed by atoms with Crippen molar-refractivity contribution in [3.8, 4) is 0 Å². The maximum atomic E-state index is 13.1. The van der Waals surface area contributed by atoms with Gasteiger partial charge in [-0.3, -0.25) is 14.5 Å². The Morgan fingerprint density at radius 1 is 1.06 bits per heavy atom. The molecule has 0 aliphatic carbocycles. The van der Waals surface area contributed by atoms with Gasteiger partial charge < -0.3 is 10.1 Å². The van der Waals surface area contributed by atoms with Crippen LogP contribution < -0.4 is 10.2 Å². The van der Waals surface area contributed by atoms with Crippen LogP contribution in [0.5, 0.6) is 0 Å². The molecule has 2 aromatic carbocycles. The zero-order chi connectivity index (χ0) is 22.7. The molecule has 0 bridgehead atoms. The summed E-state index contributed by atoms with van der Waals surface area (Å²) in [6.07, 6.45) is 1.94. The first-order valence-corrected chi connectivity index (χ1v) is 11.2. The normalized spacial score (nSPS) is 19.9. The molecule has 2 aliphatic heterocycles. The van der Waals surface area contributed by atoms with Crippen LogP contribution in [0, 0.1) is 0 Å². The highest BCUT2D eigenvalue weighted by Gasteiger charge is 2.43. The Hall–Kier alpha value is -2.90. The van der Waals surface area contributed by atoms with Crippen LogP contribution in [-0.4, -0.2) is 54.5 Å².